The molecule has 3 N–H and O–H groups in total. The quantitative estimate of drug-likeness (QED) is 0.379. The minimum atomic E-state index is -0.334. The zero-order chi connectivity index (χ0) is 18.8. The molecular formula is C22H18ClN3O. The van der Waals surface area contributed by atoms with Crippen LogP contribution in [0.15, 0.2) is 72.8 Å². The Labute approximate surface area is 162 Å². The smallest absolute Gasteiger partial charge is 0.323 e. The van der Waals surface area contributed by atoms with Crippen molar-refractivity contribution in [3.8, 4) is 11.3 Å². The van der Waals surface area contributed by atoms with Gasteiger partial charge in [0.25, 0.3) is 0 Å². The fourth-order valence-electron chi connectivity index (χ4n) is 2.97. The van der Waals surface area contributed by atoms with Crippen LogP contribution in [-0.4, -0.2) is 11.0 Å². The number of nitrogens with one attached hydrogen (secondary N) is 3. The SMILES string of the molecule is Cc1ccc(NC(=O)Nc2ccc(-c3cc4ccccc4[nH]3)cc2)c(Cl)c1. The van der Waals surface area contributed by atoms with E-state index in [1.165, 1.54) is 5.39 Å². The number of urea groups is 1. The number of aryl methyl sites for hydroxylation is 1. The number of hydrogen-bond acceptors (Lipinski definition) is 1. The molecule has 0 unspecified atom stereocenters. The number of fused-ring (bicyclic) bond motifs is 1. The van der Waals surface area contributed by atoms with Crippen molar-refractivity contribution in [2.45, 2.75) is 6.92 Å². The lowest BCUT2D eigenvalue weighted by Crippen LogP contribution is -2.19. The molecule has 0 aliphatic heterocycles. The average Bonchev–Trinajstić information content (AvgIpc) is 3.09. The van der Waals surface area contributed by atoms with Crippen LogP contribution < -0.4 is 10.6 Å². The number of hydrogen-bond donors (Lipinski definition) is 3. The molecule has 0 fully saturated rings. The molecule has 0 spiro atoms. The number of amides is 2. The van der Waals surface area contributed by atoms with Gasteiger partial charge in [0.05, 0.1) is 10.7 Å². The Morgan fingerprint density at radius 2 is 1.70 bits per heavy atom. The first-order chi connectivity index (χ1) is 13.1. The molecule has 0 aliphatic carbocycles. The van der Waals surface area contributed by atoms with Crippen molar-refractivity contribution in [2.75, 3.05) is 10.6 Å². The average molecular weight is 376 g/mol. The van der Waals surface area contributed by atoms with E-state index in [9.17, 15) is 4.79 Å². The first-order valence-corrected chi connectivity index (χ1v) is 8.99. The summed E-state index contributed by atoms with van der Waals surface area (Å²) in [6.07, 6.45) is 0. The summed E-state index contributed by atoms with van der Waals surface area (Å²) in [6, 6.07) is 23.1. The third-order valence-corrected chi connectivity index (χ3v) is 4.67. The van der Waals surface area contributed by atoms with Gasteiger partial charge in [0.2, 0.25) is 0 Å². The topological polar surface area (TPSA) is 56.9 Å². The van der Waals surface area contributed by atoms with Crippen molar-refractivity contribution in [3.05, 3.63) is 83.4 Å². The summed E-state index contributed by atoms with van der Waals surface area (Å²) in [7, 11) is 0. The molecule has 5 heteroatoms. The van der Waals surface area contributed by atoms with Gasteiger partial charge in [-0.1, -0.05) is 48.0 Å². The van der Waals surface area contributed by atoms with E-state index in [1.54, 1.807) is 6.07 Å². The van der Waals surface area contributed by atoms with Crippen molar-refractivity contribution in [1.82, 2.24) is 4.98 Å². The number of aromatic nitrogens is 1. The summed E-state index contributed by atoms with van der Waals surface area (Å²) in [5.41, 5.74) is 5.52. The van der Waals surface area contributed by atoms with E-state index in [1.807, 2.05) is 55.5 Å². The van der Waals surface area contributed by atoms with Gasteiger partial charge in [0.1, 0.15) is 0 Å². The van der Waals surface area contributed by atoms with Crippen LogP contribution in [-0.2, 0) is 0 Å². The van der Waals surface area contributed by atoms with E-state index >= 15 is 0 Å². The molecule has 0 aliphatic rings. The predicted octanol–water partition coefficient (Wildman–Crippen LogP) is 6.44. The molecular weight excluding hydrogens is 358 g/mol. The van der Waals surface area contributed by atoms with Crippen molar-refractivity contribution in [3.63, 3.8) is 0 Å². The minimum Gasteiger partial charge on any atom is -0.355 e. The van der Waals surface area contributed by atoms with E-state index in [0.29, 0.717) is 16.4 Å². The normalized spacial score (nSPS) is 10.7. The van der Waals surface area contributed by atoms with E-state index < -0.39 is 0 Å². The maximum Gasteiger partial charge on any atom is 0.323 e. The summed E-state index contributed by atoms with van der Waals surface area (Å²) in [5, 5.41) is 7.26. The first kappa shape index (κ1) is 17.2. The fraction of sp³-hybridized carbons (Fsp3) is 0.0455. The van der Waals surface area contributed by atoms with Gasteiger partial charge in [-0.05, 0) is 54.4 Å². The largest absolute Gasteiger partial charge is 0.355 e. The number of aromatic amines is 1. The van der Waals surface area contributed by atoms with Gasteiger partial charge in [-0.3, -0.25) is 0 Å². The number of anilines is 2. The molecule has 4 nitrogen and oxygen atoms in total. The van der Waals surface area contributed by atoms with E-state index in [4.69, 9.17) is 11.6 Å². The fourth-order valence-corrected chi connectivity index (χ4v) is 3.25. The molecule has 2 amide bonds. The van der Waals surface area contributed by atoms with Crippen molar-refractivity contribution >= 4 is 39.9 Å². The van der Waals surface area contributed by atoms with Crippen molar-refractivity contribution < 1.29 is 4.79 Å². The highest BCUT2D eigenvalue weighted by molar-refractivity contribution is 6.33. The highest BCUT2D eigenvalue weighted by Gasteiger charge is 2.07. The second kappa shape index (κ2) is 7.17. The number of carbonyl (C=O) groups excluding carboxylic acids is 1. The van der Waals surface area contributed by atoms with E-state index in [0.717, 1.165) is 22.3 Å². The summed E-state index contributed by atoms with van der Waals surface area (Å²) < 4.78 is 0. The summed E-state index contributed by atoms with van der Waals surface area (Å²) in [6.45, 7) is 1.95. The van der Waals surface area contributed by atoms with Crippen LogP contribution >= 0.6 is 11.6 Å². The van der Waals surface area contributed by atoms with Crippen LogP contribution in [0, 0.1) is 6.92 Å². The van der Waals surface area contributed by atoms with Gasteiger partial charge in [-0.2, -0.15) is 0 Å². The molecule has 3 aromatic carbocycles. The standard InChI is InChI=1S/C22H18ClN3O/c1-14-6-11-20(18(23)12-14)26-22(27)24-17-9-7-15(8-10-17)21-13-16-4-2-3-5-19(16)25-21/h2-13,25H,1H3,(H2,24,26,27). The third-order valence-electron chi connectivity index (χ3n) is 4.36. The molecule has 27 heavy (non-hydrogen) atoms. The van der Waals surface area contributed by atoms with Gasteiger partial charge >= 0.3 is 6.03 Å². The first-order valence-electron chi connectivity index (χ1n) is 8.61. The predicted molar refractivity (Wildman–Crippen MR) is 113 cm³/mol. The molecule has 1 aromatic heterocycles. The number of H-pyrrole nitrogens is 1. The molecule has 0 saturated heterocycles. The molecule has 4 rings (SSSR count). The highest BCUT2D eigenvalue weighted by Crippen LogP contribution is 2.26. The Bertz CT molecular complexity index is 1080. The summed E-state index contributed by atoms with van der Waals surface area (Å²) in [5.74, 6) is 0. The number of benzene rings is 3. The monoisotopic (exact) mass is 375 g/mol. The Hall–Kier alpha value is -3.24. The molecule has 0 radical (unpaired) electrons. The number of rotatable bonds is 3. The molecule has 4 aromatic rings. The Morgan fingerprint density at radius 3 is 2.44 bits per heavy atom. The zero-order valence-corrected chi connectivity index (χ0v) is 15.5. The zero-order valence-electron chi connectivity index (χ0n) is 14.7. The van der Waals surface area contributed by atoms with Gasteiger partial charge in [-0.25, -0.2) is 4.79 Å². The minimum absolute atomic E-state index is 0.334. The van der Waals surface area contributed by atoms with Crippen LogP contribution in [0.2, 0.25) is 5.02 Å². The second-order valence-electron chi connectivity index (χ2n) is 6.41. The second-order valence-corrected chi connectivity index (χ2v) is 6.82. The van der Waals surface area contributed by atoms with Crippen LogP contribution in [0.25, 0.3) is 22.2 Å². The van der Waals surface area contributed by atoms with Gasteiger partial charge in [0, 0.05) is 22.3 Å². The molecule has 1 heterocycles. The molecule has 0 saturated carbocycles. The van der Waals surface area contributed by atoms with Gasteiger partial charge in [-0.15, -0.1) is 0 Å². The van der Waals surface area contributed by atoms with E-state index in [-0.39, 0.29) is 6.03 Å². The lowest BCUT2D eigenvalue weighted by atomic mass is 10.1. The Balaban J connectivity index is 1.46. The maximum absolute atomic E-state index is 12.2. The number of halogens is 1. The Morgan fingerprint density at radius 1 is 0.926 bits per heavy atom. The van der Waals surface area contributed by atoms with Crippen LogP contribution in [0.1, 0.15) is 5.56 Å². The number of para-hydroxylation sites is 1. The van der Waals surface area contributed by atoms with Gasteiger partial charge in [0.15, 0.2) is 0 Å². The van der Waals surface area contributed by atoms with Crippen LogP contribution in [0.3, 0.4) is 0 Å². The number of carbonyl (C=O) groups is 1. The van der Waals surface area contributed by atoms with E-state index in [2.05, 4.69) is 33.8 Å². The van der Waals surface area contributed by atoms with Crippen LogP contribution in [0.5, 0.6) is 0 Å². The highest BCUT2D eigenvalue weighted by atomic mass is 35.5. The molecule has 0 bridgehead atoms. The van der Waals surface area contributed by atoms with Crippen LogP contribution in [0.4, 0.5) is 16.2 Å². The third kappa shape index (κ3) is 3.81. The summed E-state index contributed by atoms with van der Waals surface area (Å²) >= 11 is 6.15. The Kier molecular flexibility index (Phi) is 4.57. The van der Waals surface area contributed by atoms with Crippen molar-refractivity contribution in [2.24, 2.45) is 0 Å². The van der Waals surface area contributed by atoms with Crippen molar-refractivity contribution in [1.29, 1.82) is 0 Å². The molecule has 134 valence electrons. The lowest BCUT2D eigenvalue weighted by Gasteiger charge is -2.10. The lowest BCUT2D eigenvalue weighted by molar-refractivity contribution is 0.262. The summed E-state index contributed by atoms with van der Waals surface area (Å²) in [4.78, 5) is 15.6. The van der Waals surface area contributed by atoms with Gasteiger partial charge < -0.3 is 15.6 Å². The molecule has 0 atom stereocenters. The maximum atomic E-state index is 12.2.